The zero-order valence-electron chi connectivity index (χ0n) is 13.2. The van der Waals surface area contributed by atoms with Crippen molar-refractivity contribution in [1.29, 1.82) is 0 Å². The molecule has 2 aromatic rings. The van der Waals surface area contributed by atoms with E-state index in [-0.39, 0.29) is 11.7 Å². The van der Waals surface area contributed by atoms with Crippen molar-refractivity contribution in [1.82, 2.24) is 14.8 Å². The molecular weight excluding hydrogens is 330 g/mol. The van der Waals surface area contributed by atoms with E-state index in [1.54, 1.807) is 11.3 Å². The number of aromatic nitrogens is 3. The molecule has 1 fully saturated rings. The normalized spacial score (nSPS) is 15.7. The van der Waals surface area contributed by atoms with Crippen LogP contribution in [0.4, 0.5) is 0 Å². The Morgan fingerprint density at radius 2 is 2.22 bits per heavy atom. The molecule has 2 aromatic heterocycles. The summed E-state index contributed by atoms with van der Waals surface area (Å²) in [5.41, 5.74) is 0. The number of carbonyl (C=O) groups is 1. The second kappa shape index (κ2) is 7.97. The topological polar surface area (TPSA) is 57.0 Å². The number of nitrogens with zero attached hydrogens (tertiary/aromatic N) is 3. The molecule has 1 aliphatic carbocycles. The van der Waals surface area contributed by atoms with Gasteiger partial charge in [-0.05, 0) is 24.3 Å². The maximum Gasteiger partial charge on any atom is 0.316 e. The zero-order chi connectivity index (χ0) is 16.1. The van der Waals surface area contributed by atoms with Crippen LogP contribution >= 0.6 is 23.1 Å². The second-order valence-electron chi connectivity index (χ2n) is 5.68. The van der Waals surface area contributed by atoms with Crippen molar-refractivity contribution in [3.05, 3.63) is 28.2 Å². The fourth-order valence-electron chi connectivity index (χ4n) is 2.98. The number of ether oxygens (including phenoxy) is 1. The Balaban J connectivity index is 1.82. The van der Waals surface area contributed by atoms with E-state index in [0.717, 1.165) is 17.4 Å². The zero-order valence-corrected chi connectivity index (χ0v) is 14.9. The summed E-state index contributed by atoms with van der Waals surface area (Å²) in [7, 11) is 1.41. The SMILES string of the molecule is COC(=O)CSc1nnc(Cc2cccs2)n1C1CCCCC1. The van der Waals surface area contributed by atoms with E-state index in [0.29, 0.717) is 6.04 Å². The van der Waals surface area contributed by atoms with Gasteiger partial charge in [0.05, 0.1) is 12.9 Å². The van der Waals surface area contributed by atoms with Crippen molar-refractivity contribution in [2.45, 2.75) is 49.7 Å². The average Bonchev–Trinajstić information content (AvgIpc) is 3.23. The van der Waals surface area contributed by atoms with E-state index in [9.17, 15) is 4.79 Å². The van der Waals surface area contributed by atoms with Gasteiger partial charge in [-0.3, -0.25) is 4.79 Å². The molecule has 0 bridgehead atoms. The lowest BCUT2D eigenvalue weighted by Crippen LogP contribution is -2.17. The van der Waals surface area contributed by atoms with Crippen LogP contribution in [-0.4, -0.2) is 33.6 Å². The van der Waals surface area contributed by atoms with E-state index in [4.69, 9.17) is 4.74 Å². The number of hydrogen-bond donors (Lipinski definition) is 0. The smallest absolute Gasteiger partial charge is 0.316 e. The number of rotatable bonds is 6. The molecule has 0 atom stereocenters. The highest BCUT2D eigenvalue weighted by Gasteiger charge is 2.23. The Kier molecular flexibility index (Phi) is 5.72. The molecule has 0 unspecified atom stereocenters. The van der Waals surface area contributed by atoms with Gasteiger partial charge in [0.1, 0.15) is 5.82 Å². The average molecular weight is 351 g/mol. The van der Waals surface area contributed by atoms with Crippen LogP contribution in [0.1, 0.15) is 48.8 Å². The van der Waals surface area contributed by atoms with Crippen LogP contribution < -0.4 is 0 Å². The lowest BCUT2D eigenvalue weighted by Gasteiger charge is -2.25. The molecule has 23 heavy (non-hydrogen) atoms. The summed E-state index contributed by atoms with van der Waals surface area (Å²) in [6.45, 7) is 0. The molecule has 0 radical (unpaired) electrons. The molecule has 2 heterocycles. The van der Waals surface area contributed by atoms with Gasteiger partial charge in [0.25, 0.3) is 0 Å². The Morgan fingerprint density at radius 1 is 1.39 bits per heavy atom. The minimum Gasteiger partial charge on any atom is -0.468 e. The van der Waals surface area contributed by atoms with Crippen molar-refractivity contribution in [3.8, 4) is 0 Å². The minimum absolute atomic E-state index is 0.229. The third-order valence-electron chi connectivity index (χ3n) is 4.13. The van der Waals surface area contributed by atoms with Crippen molar-refractivity contribution in [2.24, 2.45) is 0 Å². The van der Waals surface area contributed by atoms with Gasteiger partial charge >= 0.3 is 5.97 Å². The summed E-state index contributed by atoms with van der Waals surface area (Å²) >= 11 is 3.17. The van der Waals surface area contributed by atoms with Crippen LogP contribution in [0.15, 0.2) is 22.7 Å². The predicted octanol–water partition coefficient (Wildman–Crippen LogP) is 3.70. The third kappa shape index (κ3) is 4.14. The maximum absolute atomic E-state index is 11.4. The summed E-state index contributed by atoms with van der Waals surface area (Å²) in [4.78, 5) is 12.7. The van der Waals surface area contributed by atoms with Crippen LogP contribution in [0, 0.1) is 0 Å². The number of esters is 1. The molecule has 0 saturated heterocycles. The molecule has 3 rings (SSSR count). The molecule has 5 nitrogen and oxygen atoms in total. The summed E-state index contributed by atoms with van der Waals surface area (Å²) in [6.07, 6.45) is 6.96. The van der Waals surface area contributed by atoms with Gasteiger partial charge in [-0.1, -0.05) is 37.1 Å². The first-order valence-corrected chi connectivity index (χ1v) is 9.80. The third-order valence-corrected chi connectivity index (χ3v) is 5.93. The largest absolute Gasteiger partial charge is 0.468 e. The van der Waals surface area contributed by atoms with Crippen LogP contribution in [0.3, 0.4) is 0 Å². The monoisotopic (exact) mass is 351 g/mol. The second-order valence-corrected chi connectivity index (χ2v) is 7.66. The maximum atomic E-state index is 11.4. The first-order chi connectivity index (χ1) is 11.3. The summed E-state index contributed by atoms with van der Waals surface area (Å²) in [5.74, 6) is 1.06. The quantitative estimate of drug-likeness (QED) is 0.587. The highest BCUT2D eigenvalue weighted by atomic mass is 32.2. The van der Waals surface area contributed by atoms with Crippen LogP contribution in [0.25, 0.3) is 0 Å². The predicted molar refractivity (Wildman–Crippen MR) is 92.0 cm³/mol. The molecule has 0 aromatic carbocycles. The number of thioether (sulfide) groups is 1. The van der Waals surface area contributed by atoms with E-state index < -0.39 is 0 Å². The first kappa shape index (κ1) is 16.5. The van der Waals surface area contributed by atoms with Gasteiger partial charge < -0.3 is 9.30 Å². The van der Waals surface area contributed by atoms with Crippen molar-refractivity contribution >= 4 is 29.1 Å². The van der Waals surface area contributed by atoms with Crippen molar-refractivity contribution < 1.29 is 9.53 Å². The molecule has 0 N–H and O–H groups in total. The number of methoxy groups -OCH3 is 1. The number of carbonyl (C=O) groups excluding carboxylic acids is 1. The fourth-order valence-corrected chi connectivity index (χ4v) is 4.54. The molecule has 0 spiro atoms. The highest BCUT2D eigenvalue weighted by Crippen LogP contribution is 2.33. The Bertz CT molecular complexity index is 634. The summed E-state index contributed by atoms with van der Waals surface area (Å²) in [5, 5.41) is 11.7. The highest BCUT2D eigenvalue weighted by molar-refractivity contribution is 7.99. The molecular formula is C16H21N3O2S2. The summed E-state index contributed by atoms with van der Waals surface area (Å²) < 4.78 is 7.00. The van der Waals surface area contributed by atoms with Gasteiger partial charge in [-0.15, -0.1) is 21.5 Å². The van der Waals surface area contributed by atoms with Gasteiger partial charge in [0.2, 0.25) is 0 Å². The molecule has 1 saturated carbocycles. The molecule has 1 aliphatic rings. The van der Waals surface area contributed by atoms with Crippen LogP contribution in [0.5, 0.6) is 0 Å². The first-order valence-electron chi connectivity index (χ1n) is 7.93. The van der Waals surface area contributed by atoms with Gasteiger partial charge in [0.15, 0.2) is 5.16 Å². The molecule has 124 valence electrons. The number of thiophene rings is 1. The fraction of sp³-hybridized carbons (Fsp3) is 0.562. The standard InChI is InChI=1S/C16H21N3O2S2/c1-21-15(20)11-23-16-18-17-14(10-13-8-5-9-22-13)19(16)12-6-3-2-4-7-12/h5,8-9,12H,2-4,6-7,10-11H2,1H3. The van der Waals surface area contributed by atoms with Gasteiger partial charge in [-0.2, -0.15) is 0 Å². The van der Waals surface area contributed by atoms with E-state index >= 15 is 0 Å². The molecule has 0 amide bonds. The van der Waals surface area contributed by atoms with Crippen molar-refractivity contribution in [2.75, 3.05) is 12.9 Å². The van der Waals surface area contributed by atoms with Gasteiger partial charge in [-0.25, -0.2) is 0 Å². The van der Waals surface area contributed by atoms with Crippen molar-refractivity contribution in [3.63, 3.8) is 0 Å². The number of hydrogen-bond acceptors (Lipinski definition) is 6. The Hall–Kier alpha value is -1.34. The summed E-state index contributed by atoms with van der Waals surface area (Å²) in [6, 6.07) is 4.65. The van der Waals surface area contributed by atoms with Crippen LogP contribution in [0.2, 0.25) is 0 Å². The lowest BCUT2D eigenvalue weighted by atomic mass is 9.95. The van der Waals surface area contributed by atoms with E-state index in [2.05, 4.69) is 32.3 Å². The molecule has 7 heteroatoms. The van der Waals surface area contributed by atoms with Crippen LogP contribution in [-0.2, 0) is 16.0 Å². The van der Waals surface area contributed by atoms with E-state index in [1.807, 2.05) is 0 Å². The minimum atomic E-state index is -0.229. The van der Waals surface area contributed by atoms with Gasteiger partial charge in [0, 0.05) is 17.3 Å². The molecule has 0 aliphatic heterocycles. The van der Waals surface area contributed by atoms with E-state index in [1.165, 1.54) is 55.9 Å². The lowest BCUT2D eigenvalue weighted by molar-refractivity contribution is -0.137. The Labute approximate surface area is 144 Å². The Morgan fingerprint density at radius 3 is 2.91 bits per heavy atom.